The molecule has 1 heterocycles. The van der Waals surface area contributed by atoms with Gasteiger partial charge in [-0.2, -0.15) is 0 Å². The van der Waals surface area contributed by atoms with Gasteiger partial charge in [0.2, 0.25) is 5.91 Å². The molecule has 9 heteroatoms. The number of anilines is 1. The highest BCUT2D eigenvalue weighted by atomic mass is 35.5. The van der Waals surface area contributed by atoms with Gasteiger partial charge in [0.25, 0.3) is 0 Å². The summed E-state index contributed by atoms with van der Waals surface area (Å²) in [5.74, 6) is -0.0279. The summed E-state index contributed by atoms with van der Waals surface area (Å²) in [6.45, 7) is 3.21. The van der Waals surface area contributed by atoms with Gasteiger partial charge in [0.1, 0.15) is 0 Å². The topological polar surface area (TPSA) is 70.6 Å². The molecule has 0 unspecified atom stereocenters. The molecule has 30 heavy (non-hydrogen) atoms. The van der Waals surface area contributed by atoms with Crippen LogP contribution in [0, 0.1) is 6.92 Å². The number of carbonyl (C=O) groups excluding carboxylic acids is 1. The Bertz CT molecular complexity index is 1140. The van der Waals surface area contributed by atoms with Crippen LogP contribution in [0.5, 0.6) is 0 Å². The number of carbonyl (C=O) groups is 1. The van der Waals surface area contributed by atoms with Crippen LogP contribution in [0.4, 0.5) is 5.13 Å². The van der Waals surface area contributed by atoms with Crippen LogP contribution in [0.2, 0.25) is 0 Å². The van der Waals surface area contributed by atoms with Crippen molar-refractivity contribution in [2.75, 3.05) is 38.3 Å². The second-order valence-corrected chi connectivity index (χ2v) is 10.4. The van der Waals surface area contributed by atoms with E-state index < -0.39 is 9.84 Å². The fourth-order valence-electron chi connectivity index (χ4n) is 2.96. The van der Waals surface area contributed by atoms with Gasteiger partial charge < -0.3 is 4.90 Å². The first-order chi connectivity index (χ1) is 13.6. The molecule has 0 N–H and O–H groups in total. The van der Waals surface area contributed by atoms with Gasteiger partial charge in [-0.3, -0.25) is 9.69 Å². The third-order valence-corrected chi connectivity index (χ3v) is 6.67. The fourth-order valence-corrected chi connectivity index (χ4v) is 4.73. The zero-order chi connectivity index (χ0) is 21.2. The van der Waals surface area contributed by atoms with Crippen molar-refractivity contribution in [3.63, 3.8) is 0 Å². The maximum atomic E-state index is 13.1. The minimum Gasteiger partial charge on any atom is -0.308 e. The van der Waals surface area contributed by atoms with E-state index in [4.69, 9.17) is 0 Å². The molecule has 0 spiro atoms. The fraction of sp³-hybridized carbons (Fsp3) is 0.333. The van der Waals surface area contributed by atoms with Crippen LogP contribution < -0.4 is 4.90 Å². The third-order valence-electron chi connectivity index (χ3n) is 4.52. The molecule has 2 aromatic carbocycles. The number of nitrogens with zero attached hydrogens (tertiary/aromatic N) is 3. The molecular formula is C21H26ClN3O3S2. The summed E-state index contributed by atoms with van der Waals surface area (Å²) in [7, 11) is 0.620. The van der Waals surface area contributed by atoms with Crippen LogP contribution in [0.3, 0.4) is 0 Å². The van der Waals surface area contributed by atoms with Crippen molar-refractivity contribution in [2.24, 2.45) is 0 Å². The Morgan fingerprint density at radius 2 is 1.83 bits per heavy atom. The lowest BCUT2D eigenvalue weighted by Gasteiger charge is -2.22. The Morgan fingerprint density at radius 1 is 1.10 bits per heavy atom. The lowest BCUT2D eigenvalue weighted by Crippen LogP contribution is -2.37. The van der Waals surface area contributed by atoms with Crippen LogP contribution in [0.1, 0.15) is 11.1 Å². The summed E-state index contributed by atoms with van der Waals surface area (Å²) in [4.78, 5) is 21.7. The second kappa shape index (κ2) is 9.87. The largest absolute Gasteiger partial charge is 0.308 e. The number of hydrogen-bond acceptors (Lipinski definition) is 6. The number of amides is 1. The van der Waals surface area contributed by atoms with Crippen molar-refractivity contribution in [2.45, 2.75) is 18.2 Å². The van der Waals surface area contributed by atoms with Crippen LogP contribution in [0.25, 0.3) is 10.2 Å². The lowest BCUT2D eigenvalue weighted by molar-refractivity contribution is -0.118. The number of aryl methyl sites for hydroxylation is 1. The van der Waals surface area contributed by atoms with Crippen molar-refractivity contribution in [1.29, 1.82) is 0 Å². The first-order valence-corrected chi connectivity index (χ1v) is 12.0. The molecule has 1 amide bonds. The Morgan fingerprint density at radius 3 is 2.47 bits per heavy atom. The van der Waals surface area contributed by atoms with E-state index >= 15 is 0 Å². The predicted molar refractivity (Wildman–Crippen MR) is 126 cm³/mol. The van der Waals surface area contributed by atoms with Crippen LogP contribution in [0.15, 0.2) is 47.4 Å². The van der Waals surface area contributed by atoms with Crippen molar-refractivity contribution in [3.8, 4) is 0 Å². The lowest BCUT2D eigenvalue weighted by atomic mass is 10.1. The smallest absolute Gasteiger partial charge is 0.233 e. The van der Waals surface area contributed by atoms with Crippen LogP contribution >= 0.6 is 23.7 Å². The van der Waals surface area contributed by atoms with Crippen LogP contribution in [-0.2, 0) is 21.1 Å². The summed E-state index contributed by atoms with van der Waals surface area (Å²) in [5.41, 5.74) is 2.77. The summed E-state index contributed by atoms with van der Waals surface area (Å²) in [5, 5.41) is 0.588. The SMILES string of the molecule is Cc1cccc(CC(=O)N(CCN(C)C)c2nc3ccc(S(C)(=O)=O)cc3s2)c1.Cl. The third kappa shape index (κ3) is 6.01. The normalized spacial score (nSPS) is 11.5. The maximum absolute atomic E-state index is 13.1. The molecule has 3 aromatic rings. The van der Waals surface area contributed by atoms with E-state index in [0.717, 1.165) is 15.8 Å². The Balaban J connectivity index is 0.00000320. The minimum absolute atomic E-state index is 0. The van der Waals surface area contributed by atoms with Gasteiger partial charge in [-0.1, -0.05) is 41.2 Å². The molecule has 6 nitrogen and oxygen atoms in total. The van der Waals surface area contributed by atoms with Gasteiger partial charge in [-0.15, -0.1) is 12.4 Å². The monoisotopic (exact) mass is 467 g/mol. The summed E-state index contributed by atoms with van der Waals surface area (Å²) >= 11 is 1.34. The van der Waals surface area contributed by atoms with Crippen molar-refractivity contribution < 1.29 is 13.2 Å². The van der Waals surface area contributed by atoms with E-state index in [1.165, 1.54) is 17.6 Å². The maximum Gasteiger partial charge on any atom is 0.233 e. The molecule has 0 radical (unpaired) electrons. The molecule has 0 aliphatic rings. The number of rotatable bonds is 7. The van der Waals surface area contributed by atoms with E-state index in [0.29, 0.717) is 30.2 Å². The zero-order valence-electron chi connectivity index (χ0n) is 17.5. The Hall–Kier alpha value is -2.00. The number of fused-ring (bicyclic) bond motifs is 1. The number of likely N-dealkylation sites (N-methyl/N-ethyl adjacent to an activating group) is 1. The van der Waals surface area contributed by atoms with Gasteiger partial charge in [0.05, 0.1) is 21.5 Å². The van der Waals surface area contributed by atoms with Crippen molar-refractivity contribution >= 4 is 54.8 Å². The molecule has 0 saturated carbocycles. The zero-order valence-corrected chi connectivity index (χ0v) is 19.9. The summed E-state index contributed by atoms with van der Waals surface area (Å²) in [6.07, 6.45) is 1.48. The Labute approximate surface area is 187 Å². The molecule has 0 atom stereocenters. The Kier molecular flexibility index (Phi) is 7.99. The van der Waals surface area contributed by atoms with E-state index in [1.807, 2.05) is 50.2 Å². The average molecular weight is 468 g/mol. The van der Waals surface area contributed by atoms with Crippen molar-refractivity contribution in [3.05, 3.63) is 53.6 Å². The number of benzene rings is 2. The highest BCUT2D eigenvalue weighted by Gasteiger charge is 2.21. The predicted octanol–water partition coefficient (Wildman–Crippen LogP) is 3.57. The van der Waals surface area contributed by atoms with E-state index in [9.17, 15) is 13.2 Å². The van der Waals surface area contributed by atoms with Crippen molar-refractivity contribution in [1.82, 2.24) is 9.88 Å². The minimum atomic E-state index is -3.30. The number of thiazole rings is 1. The molecular weight excluding hydrogens is 442 g/mol. The van der Waals surface area contributed by atoms with Gasteiger partial charge in [-0.25, -0.2) is 13.4 Å². The molecule has 0 saturated heterocycles. The molecule has 0 aliphatic carbocycles. The quantitative estimate of drug-likeness (QED) is 0.531. The molecule has 162 valence electrons. The number of aromatic nitrogens is 1. The summed E-state index contributed by atoms with van der Waals surface area (Å²) in [6, 6.07) is 12.8. The number of halogens is 1. The van der Waals surface area contributed by atoms with Gasteiger partial charge in [-0.05, 0) is 44.8 Å². The second-order valence-electron chi connectivity index (χ2n) is 7.41. The number of sulfone groups is 1. The van der Waals surface area contributed by atoms with Gasteiger partial charge in [0.15, 0.2) is 15.0 Å². The highest BCUT2D eigenvalue weighted by Crippen LogP contribution is 2.31. The molecule has 3 rings (SSSR count). The van der Waals surface area contributed by atoms with E-state index in [2.05, 4.69) is 4.98 Å². The van der Waals surface area contributed by atoms with E-state index in [-0.39, 0.29) is 23.2 Å². The molecule has 0 fully saturated rings. The number of hydrogen-bond donors (Lipinski definition) is 0. The first-order valence-electron chi connectivity index (χ1n) is 9.25. The first kappa shape index (κ1) is 24.3. The summed E-state index contributed by atoms with van der Waals surface area (Å²) < 4.78 is 24.4. The van der Waals surface area contributed by atoms with E-state index in [1.54, 1.807) is 23.1 Å². The highest BCUT2D eigenvalue weighted by molar-refractivity contribution is 7.90. The molecule has 0 aliphatic heterocycles. The molecule has 0 bridgehead atoms. The van der Waals surface area contributed by atoms with Crippen LogP contribution in [-0.4, -0.2) is 57.6 Å². The average Bonchev–Trinajstić information content (AvgIpc) is 3.03. The van der Waals surface area contributed by atoms with Gasteiger partial charge in [0, 0.05) is 19.3 Å². The molecule has 1 aromatic heterocycles. The standard InChI is InChI=1S/C21H25N3O3S2.ClH/c1-15-6-5-7-16(12-15)13-20(25)24(11-10-23(2)3)21-22-18-9-8-17(29(4,26)27)14-19(18)28-21;/h5-9,12,14H,10-11,13H2,1-4H3;1H. The van der Waals surface area contributed by atoms with Gasteiger partial charge >= 0.3 is 0 Å².